The van der Waals surface area contributed by atoms with Crippen LogP contribution < -0.4 is 15.4 Å². The Bertz CT molecular complexity index is 1290. The minimum Gasteiger partial charge on any atom is -0.497 e. The molecule has 2 aliphatic rings. The maximum Gasteiger partial charge on any atom is 0.269 e. The fraction of sp³-hybridized carbons (Fsp3) is 0.190. The molecule has 9 nitrogen and oxygen atoms in total. The van der Waals surface area contributed by atoms with Crippen molar-refractivity contribution in [1.29, 1.82) is 5.26 Å². The molecular weight excluding hydrogens is 420 g/mol. The lowest BCUT2D eigenvalue weighted by atomic mass is 9.87. The van der Waals surface area contributed by atoms with Gasteiger partial charge in [-0.15, -0.1) is 0 Å². The highest BCUT2D eigenvalue weighted by molar-refractivity contribution is 7.95. The van der Waals surface area contributed by atoms with Crippen LogP contribution >= 0.6 is 0 Å². The van der Waals surface area contributed by atoms with Crippen LogP contribution in [-0.4, -0.2) is 26.2 Å². The third-order valence-electron chi connectivity index (χ3n) is 5.43. The van der Waals surface area contributed by atoms with Crippen molar-refractivity contribution in [3.05, 3.63) is 86.2 Å². The summed E-state index contributed by atoms with van der Waals surface area (Å²) < 4.78 is 31.2. The number of nitrogens with two attached hydrogens (primary N) is 1. The molecular formula is C21H18N4O5S. The highest BCUT2D eigenvalue weighted by atomic mass is 32.2. The molecule has 2 heterocycles. The number of nitrogens with zero attached hydrogens (tertiary/aromatic N) is 3. The van der Waals surface area contributed by atoms with Crippen LogP contribution in [0.2, 0.25) is 0 Å². The largest absolute Gasteiger partial charge is 0.497 e. The Hall–Kier alpha value is -3.84. The van der Waals surface area contributed by atoms with Gasteiger partial charge >= 0.3 is 0 Å². The van der Waals surface area contributed by atoms with Gasteiger partial charge in [0.1, 0.15) is 11.6 Å². The number of non-ortho nitro benzene ring substituents is 1. The lowest BCUT2D eigenvalue weighted by molar-refractivity contribution is -0.384. The van der Waals surface area contributed by atoms with E-state index in [4.69, 9.17) is 10.5 Å². The van der Waals surface area contributed by atoms with Crippen LogP contribution in [-0.2, 0) is 9.84 Å². The first-order valence-electron chi connectivity index (χ1n) is 9.32. The topological polar surface area (TPSA) is 140 Å². The smallest absolute Gasteiger partial charge is 0.269 e. The number of nitriles is 1. The zero-order valence-corrected chi connectivity index (χ0v) is 17.3. The SMILES string of the molecule is COc1ccc(N2C(N)=C(C#N)C(c3cccc([N+](=O)[O-])c3)C3=C2CCS3(=O)=O)cc1. The number of sulfone groups is 1. The Labute approximate surface area is 178 Å². The number of nitro benzene ring substituents is 1. The van der Waals surface area contributed by atoms with Gasteiger partial charge in [0.25, 0.3) is 5.69 Å². The number of benzene rings is 2. The Morgan fingerprint density at radius 2 is 1.97 bits per heavy atom. The van der Waals surface area contributed by atoms with Crippen LogP contribution in [0.15, 0.2) is 70.5 Å². The summed E-state index contributed by atoms with van der Waals surface area (Å²) in [7, 11) is -2.16. The summed E-state index contributed by atoms with van der Waals surface area (Å²) in [6, 6.07) is 14.6. The number of hydrogen-bond acceptors (Lipinski definition) is 8. The summed E-state index contributed by atoms with van der Waals surface area (Å²) in [5.74, 6) is -0.407. The molecule has 0 aliphatic carbocycles. The summed E-state index contributed by atoms with van der Waals surface area (Å²) in [6.07, 6.45) is 0.217. The quantitative estimate of drug-likeness (QED) is 0.568. The van der Waals surface area contributed by atoms with Crippen LogP contribution in [0.1, 0.15) is 17.9 Å². The van der Waals surface area contributed by atoms with Gasteiger partial charge in [-0.25, -0.2) is 8.42 Å². The van der Waals surface area contributed by atoms with Gasteiger partial charge in [0, 0.05) is 29.9 Å². The second-order valence-corrected chi connectivity index (χ2v) is 9.19. The van der Waals surface area contributed by atoms with Crippen LogP contribution in [0, 0.1) is 21.4 Å². The lowest BCUT2D eigenvalue weighted by Gasteiger charge is -2.35. The van der Waals surface area contributed by atoms with E-state index in [-0.39, 0.29) is 34.2 Å². The average molecular weight is 438 g/mol. The summed E-state index contributed by atoms with van der Waals surface area (Å²) in [6.45, 7) is 0. The molecule has 0 radical (unpaired) electrons. The average Bonchev–Trinajstić information content (AvgIpc) is 3.07. The van der Waals surface area contributed by atoms with Gasteiger partial charge in [0.2, 0.25) is 0 Å². The van der Waals surface area contributed by atoms with E-state index in [2.05, 4.69) is 0 Å². The molecule has 2 aromatic rings. The molecule has 1 unspecified atom stereocenters. The normalized spacial score (nSPS) is 19.7. The predicted molar refractivity (Wildman–Crippen MR) is 114 cm³/mol. The second-order valence-electron chi connectivity index (χ2n) is 7.11. The molecule has 0 spiro atoms. The molecule has 0 amide bonds. The van der Waals surface area contributed by atoms with Gasteiger partial charge in [-0.05, 0) is 29.8 Å². The Morgan fingerprint density at radius 3 is 2.58 bits per heavy atom. The molecule has 2 aliphatic heterocycles. The number of hydrogen-bond donors (Lipinski definition) is 1. The van der Waals surface area contributed by atoms with E-state index in [1.54, 1.807) is 35.2 Å². The molecule has 0 bridgehead atoms. The van der Waals surface area contributed by atoms with Crippen molar-refractivity contribution in [2.45, 2.75) is 12.3 Å². The van der Waals surface area contributed by atoms with Crippen LogP contribution in [0.25, 0.3) is 0 Å². The van der Waals surface area contributed by atoms with Crippen LogP contribution in [0.3, 0.4) is 0 Å². The van der Waals surface area contributed by atoms with Crippen molar-refractivity contribution in [2.75, 3.05) is 17.8 Å². The van der Waals surface area contributed by atoms with Gasteiger partial charge in [-0.1, -0.05) is 12.1 Å². The zero-order valence-electron chi connectivity index (χ0n) is 16.5. The molecule has 0 aromatic heterocycles. The van der Waals surface area contributed by atoms with Gasteiger partial charge in [-0.2, -0.15) is 5.26 Å². The van der Waals surface area contributed by atoms with Crippen molar-refractivity contribution < 1.29 is 18.1 Å². The summed E-state index contributed by atoms with van der Waals surface area (Å²) >= 11 is 0. The lowest BCUT2D eigenvalue weighted by Crippen LogP contribution is -2.34. The maximum absolute atomic E-state index is 13.0. The van der Waals surface area contributed by atoms with Gasteiger partial charge in [-0.3, -0.25) is 15.0 Å². The highest BCUT2D eigenvalue weighted by Crippen LogP contribution is 2.49. The van der Waals surface area contributed by atoms with Crippen molar-refractivity contribution in [2.24, 2.45) is 5.73 Å². The van der Waals surface area contributed by atoms with Gasteiger partial charge in [0.05, 0.1) is 40.3 Å². The second kappa shape index (κ2) is 7.45. The number of nitro groups is 1. The van der Waals surface area contributed by atoms with Crippen molar-refractivity contribution >= 4 is 21.2 Å². The third kappa shape index (κ3) is 3.29. The number of methoxy groups -OCH3 is 1. The number of allylic oxidation sites excluding steroid dienone is 3. The molecule has 0 saturated heterocycles. The first-order chi connectivity index (χ1) is 14.8. The molecule has 0 fully saturated rings. The third-order valence-corrected chi connectivity index (χ3v) is 7.31. The number of rotatable bonds is 4. The molecule has 31 heavy (non-hydrogen) atoms. The first kappa shape index (κ1) is 20.4. The van der Waals surface area contributed by atoms with Crippen molar-refractivity contribution in [3.8, 4) is 11.8 Å². The molecule has 1 atom stereocenters. The fourth-order valence-corrected chi connectivity index (χ4v) is 5.89. The molecule has 2 aromatic carbocycles. The van der Waals surface area contributed by atoms with E-state index in [0.717, 1.165) is 0 Å². The minimum absolute atomic E-state index is 0.0283. The molecule has 2 N–H and O–H groups in total. The first-order valence-corrected chi connectivity index (χ1v) is 11.0. The van der Waals surface area contributed by atoms with Crippen molar-refractivity contribution in [1.82, 2.24) is 0 Å². The van der Waals surface area contributed by atoms with Crippen molar-refractivity contribution in [3.63, 3.8) is 0 Å². The monoisotopic (exact) mass is 438 g/mol. The summed E-state index contributed by atoms with van der Waals surface area (Å²) in [4.78, 5) is 12.3. The Kier molecular flexibility index (Phi) is 4.91. The molecule has 4 rings (SSSR count). The minimum atomic E-state index is -3.70. The zero-order chi connectivity index (χ0) is 22.3. The van der Waals surface area contributed by atoms with E-state index >= 15 is 0 Å². The Morgan fingerprint density at radius 1 is 1.26 bits per heavy atom. The Balaban J connectivity index is 1.96. The highest BCUT2D eigenvalue weighted by Gasteiger charge is 2.45. The number of anilines is 1. The van der Waals surface area contributed by atoms with E-state index in [0.29, 0.717) is 22.7 Å². The maximum atomic E-state index is 13.0. The van der Waals surface area contributed by atoms with Crippen LogP contribution in [0.5, 0.6) is 5.75 Å². The summed E-state index contributed by atoms with van der Waals surface area (Å²) in [5.41, 5.74) is 7.63. The van der Waals surface area contributed by atoms with E-state index in [1.807, 2.05) is 6.07 Å². The standard InChI is InChI=1S/C21H18N4O5S/c1-30-16-7-5-14(6-8-16)24-18-9-10-31(28,29)20(18)19(17(12-22)21(24)23)13-3-2-4-15(11-13)25(26)27/h2-8,11,19H,9-10,23H2,1H3. The molecule has 158 valence electrons. The predicted octanol–water partition coefficient (Wildman–Crippen LogP) is 2.93. The van der Waals surface area contributed by atoms with E-state index < -0.39 is 20.7 Å². The molecule has 10 heteroatoms. The van der Waals surface area contributed by atoms with Crippen LogP contribution in [0.4, 0.5) is 11.4 Å². The molecule has 0 saturated carbocycles. The fourth-order valence-electron chi connectivity index (χ4n) is 4.04. The number of ether oxygens (including phenoxy) is 1. The van der Waals surface area contributed by atoms with Gasteiger partial charge in [0.15, 0.2) is 9.84 Å². The van der Waals surface area contributed by atoms with E-state index in [1.165, 1.54) is 25.3 Å². The summed E-state index contributed by atoms with van der Waals surface area (Å²) in [5, 5.41) is 21.2. The van der Waals surface area contributed by atoms with Gasteiger partial charge < -0.3 is 10.5 Å². The van der Waals surface area contributed by atoms with E-state index in [9.17, 15) is 23.8 Å².